The Labute approximate surface area is 98.6 Å². The molecule has 3 nitrogen and oxygen atoms in total. The molecule has 0 unspecified atom stereocenters. The van der Waals surface area contributed by atoms with Crippen LogP contribution in [-0.4, -0.2) is 18.1 Å². The van der Waals surface area contributed by atoms with Crippen LogP contribution >= 0.6 is 0 Å². The van der Waals surface area contributed by atoms with Crippen molar-refractivity contribution in [1.82, 2.24) is 4.98 Å². The van der Waals surface area contributed by atoms with Gasteiger partial charge in [-0.2, -0.15) is 13.2 Å². The van der Waals surface area contributed by atoms with Gasteiger partial charge >= 0.3 is 12.1 Å². The Kier molecular flexibility index (Phi) is 4.20. The highest BCUT2D eigenvalue weighted by Crippen LogP contribution is 2.37. The maximum atomic E-state index is 12.7. The molecule has 0 bridgehead atoms. The average molecular weight is 269 g/mol. The highest BCUT2D eigenvalue weighted by molar-refractivity contribution is 5.72. The Morgan fingerprint density at radius 1 is 1.44 bits per heavy atom. The molecule has 1 heterocycles. The third kappa shape index (κ3) is 3.14. The minimum absolute atomic E-state index is 0.447. The van der Waals surface area contributed by atoms with Gasteiger partial charge in [0.25, 0.3) is 6.43 Å². The van der Waals surface area contributed by atoms with E-state index >= 15 is 0 Å². The first-order chi connectivity index (χ1) is 8.27. The molecule has 0 saturated heterocycles. The number of alkyl halides is 5. The van der Waals surface area contributed by atoms with E-state index in [0.717, 1.165) is 13.3 Å². The summed E-state index contributed by atoms with van der Waals surface area (Å²) >= 11 is 0. The predicted molar refractivity (Wildman–Crippen MR) is 49.9 cm³/mol. The van der Waals surface area contributed by atoms with Crippen molar-refractivity contribution in [3.63, 3.8) is 0 Å². The van der Waals surface area contributed by atoms with Crippen LogP contribution in [0.25, 0.3) is 0 Å². The van der Waals surface area contributed by atoms with Gasteiger partial charge in [0.1, 0.15) is 0 Å². The van der Waals surface area contributed by atoms with Crippen molar-refractivity contribution < 1.29 is 31.5 Å². The zero-order valence-electron chi connectivity index (χ0n) is 9.09. The van der Waals surface area contributed by atoms with Crippen LogP contribution < -0.4 is 0 Å². The van der Waals surface area contributed by atoms with Crippen LogP contribution in [0.1, 0.15) is 23.2 Å². The van der Waals surface area contributed by atoms with Crippen molar-refractivity contribution in [2.45, 2.75) is 19.0 Å². The molecule has 18 heavy (non-hydrogen) atoms. The van der Waals surface area contributed by atoms with Gasteiger partial charge in [0.05, 0.1) is 30.4 Å². The van der Waals surface area contributed by atoms with Gasteiger partial charge in [0, 0.05) is 6.20 Å². The number of hydrogen-bond acceptors (Lipinski definition) is 3. The molecule has 8 heteroatoms. The van der Waals surface area contributed by atoms with Gasteiger partial charge in [-0.15, -0.1) is 0 Å². The number of halogens is 5. The third-order valence-corrected chi connectivity index (χ3v) is 2.14. The zero-order valence-corrected chi connectivity index (χ0v) is 9.09. The van der Waals surface area contributed by atoms with E-state index in [0.29, 0.717) is 6.07 Å². The van der Waals surface area contributed by atoms with Crippen LogP contribution in [0.15, 0.2) is 12.3 Å². The van der Waals surface area contributed by atoms with Gasteiger partial charge in [-0.25, -0.2) is 8.78 Å². The van der Waals surface area contributed by atoms with E-state index in [-0.39, 0.29) is 0 Å². The Morgan fingerprint density at radius 2 is 2.06 bits per heavy atom. The Hall–Kier alpha value is -1.73. The van der Waals surface area contributed by atoms with Gasteiger partial charge in [-0.05, 0) is 6.07 Å². The van der Waals surface area contributed by atoms with Crippen LogP contribution in [-0.2, 0) is 22.1 Å². The molecule has 0 amide bonds. The number of carbonyl (C=O) groups excluding carboxylic acids is 1. The third-order valence-electron chi connectivity index (χ3n) is 2.14. The molecule has 0 atom stereocenters. The largest absolute Gasteiger partial charge is 0.469 e. The van der Waals surface area contributed by atoms with E-state index in [1.165, 1.54) is 0 Å². The summed E-state index contributed by atoms with van der Waals surface area (Å²) in [5, 5.41) is 0. The van der Waals surface area contributed by atoms with Crippen molar-refractivity contribution in [2.75, 3.05) is 7.11 Å². The lowest BCUT2D eigenvalue weighted by atomic mass is 10.0. The summed E-state index contributed by atoms with van der Waals surface area (Å²) in [6.07, 6.45) is -8.32. The Balaban J connectivity index is 3.31. The first-order valence-corrected chi connectivity index (χ1v) is 4.67. The van der Waals surface area contributed by atoms with E-state index in [1.807, 2.05) is 0 Å². The Bertz CT molecular complexity index is 444. The standard InChI is InChI=1S/C10H8F5NO2/c1-18-7(17)4-6-8(9(11)12)5(2-3-16-6)10(13,14)15/h2-3,9H,4H2,1H3. The topological polar surface area (TPSA) is 39.2 Å². The van der Waals surface area contributed by atoms with Crippen LogP contribution in [0.4, 0.5) is 22.0 Å². The van der Waals surface area contributed by atoms with Crippen molar-refractivity contribution >= 4 is 5.97 Å². The summed E-state index contributed by atoms with van der Waals surface area (Å²) in [6, 6.07) is 0.447. The number of methoxy groups -OCH3 is 1. The number of carbonyl (C=O) groups is 1. The van der Waals surface area contributed by atoms with E-state index in [1.54, 1.807) is 0 Å². The fourth-order valence-corrected chi connectivity index (χ4v) is 1.36. The number of hydrogen-bond donors (Lipinski definition) is 0. The summed E-state index contributed by atoms with van der Waals surface area (Å²) in [5.41, 5.74) is -3.41. The molecule has 0 N–H and O–H groups in total. The maximum absolute atomic E-state index is 12.7. The molecule has 0 aliphatic carbocycles. The summed E-state index contributed by atoms with van der Waals surface area (Å²) in [5.74, 6) is -0.941. The summed E-state index contributed by atoms with van der Waals surface area (Å²) in [6.45, 7) is 0. The number of esters is 1. The van der Waals surface area contributed by atoms with Crippen molar-refractivity contribution in [3.05, 3.63) is 29.1 Å². The molecule has 0 radical (unpaired) electrons. The molecule has 1 aromatic heterocycles. The molecular formula is C10H8F5NO2. The molecule has 1 aromatic rings. The normalized spacial score (nSPS) is 11.7. The van der Waals surface area contributed by atoms with Crippen LogP contribution in [0.5, 0.6) is 0 Å². The van der Waals surface area contributed by atoms with Crippen LogP contribution in [0.2, 0.25) is 0 Å². The maximum Gasteiger partial charge on any atom is 0.417 e. The van der Waals surface area contributed by atoms with Gasteiger partial charge < -0.3 is 4.74 Å². The average Bonchev–Trinajstić information content (AvgIpc) is 2.27. The lowest BCUT2D eigenvalue weighted by Crippen LogP contribution is -2.15. The van der Waals surface area contributed by atoms with E-state index in [9.17, 15) is 26.7 Å². The first-order valence-electron chi connectivity index (χ1n) is 4.67. The summed E-state index contributed by atoms with van der Waals surface area (Å²) in [4.78, 5) is 14.3. The molecule has 0 spiro atoms. The number of nitrogens with zero attached hydrogens (tertiary/aromatic N) is 1. The summed E-state index contributed by atoms with van der Waals surface area (Å²) < 4.78 is 67.2. The lowest BCUT2D eigenvalue weighted by Gasteiger charge is -2.14. The number of pyridine rings is 1. The first kappa shape index (κ1) is 14.3. The number of rotatable bonds is 3. The quantitative estimate of drug-likeness (QED) is 0.625. The van der Waals surface area contributed by atoms with Gasteiger partial charge in [-0.1, -0.05) is 0 Å². The lowest BCUT2D eigenvalue weighted by molar-refractivity contribution is -0.141. The molecular weight excluding hydrogens is 261 g/mol. The number of aromatic nitrogens is 1. The fraction of sp³-hybridized carbons (Fsp3) is 0.400. The molecule has 1 rings (SSSR count). The molecule has 0 fully saturated rings. The van der Waals surface area contributed by atoms with Gasteiger partial charge in [-0.3, -0.25) is 9.78 Å². The second-order valence-corrected chi connectivity index (χ2v) is 3.27. The predicted octanol–water partition coefficient (Wildman–Crippen LogP) is 2.75. The second-order valence-electron chi connectivity index (χ2n) is 3.27. The van der Waals surface area contributed by atoms with E-state index < -0.39 is 41.8 Å². The molecule has 0 saturated carbocycles. The van der Waals surface area contributed by atoms with Crippen molar-refractivity contribution in [2.24, 2.45) is 0 Å². The Morgan fingerprint density at radius 3 is 2.50 bits per heavy atom. The fourth-order valence-electron chi connectivity index (χ4n) is 1.36. The molecule has 0 aromatic carbocycles. The monoisotopic (exact) mass is 269 g/mol. The van der Waals surface area contributed by atoms with Gasteiger partial charge in [0.2, 0.25) is 0 Å². The highest BCUT2D eigenvalue weighted by Gasteiger charge is 2.37. The highest BCUT2D eigenvalue weighted by atomic mass is 19.4. The van der Waals surface area contributed by atoms with Gasteiger partial charge in [0.15, 0.2) is 0 Å². The van der Waals surface area contributed by atoms with Crippen LogP contribution in [0.3, 0.4) is 0 Å². The summed E-state index contributed by atoms with van der Waals surface area (Å²) in [7, 11) is 0.998. The molecule has 100 valence electrons. The van der Waals surface area contributed by atoms with Crippen molar-refractivity contribution in [1.29, 1.82) is 0 Å². The van der Waals surface area contributed by atoms with Crippen LogP contribution in [0, 0.1) is 0 Å². The number of ether oxygens (including phenoxy) is 1. The van der Waals surface area contributed by atoms with E-state index in [2.05, 4.69) is 9.72 Å². The smallest absolute Gasteiger partial charge is 0.417 e. The minimum Gasteiger partial charge on any atom is -0.469 e. The molecule has 0 aliphatic rings. The minimum atomic E-state index is -4.93. The second kappa shape index (κ2) is 5.28. The zero-order chi connectivity index (χ0) is 13.9. The molecule has 0 aliphatic heterocycles. The SMILES string of the molecule is COC(=O)Cc1nccc(C(F)(F)F)c1C(F)F. The van der Waals surface area contributed by atoms with Crippen molar-refractivity contribution in [3.8, 4) is 0 Å². The van der Waals surface area contributed by atoms with E-state index in [4.69, 9.17) is 0 Å².